The van der Waals surface area contributed by atoms with Crippen LogP contribution in [-0.2, 0) is 9.59 Å². The number of guanidine groups is 1. The van der Waals surface area contributed by atoms with Crippen molar-refractivity contribution in [2.75, 3.05) is 18.5 Å². The van der Waals surface area contributed by atoms with Crippen LogP contribution in [0.3, 0.4) is 0 Å². The van der Waals surface area contributed by atoms with E-state index in [0.717, 1.165) is 21.8 Å². The molecule has 1 saturated heterocycles. The van der Waals surface area contributed by atoms with Crippen LogP contribution >= 0.6 is 0 Å². The Bertz CT molecular complexity index is 1130. The Balaban J connectivity index is 1.61. The highest BCUT2D eigenvalue weighted by molar-refractivity contribution is 6.16. The highest BCUT2D eigenvalue weighted by Gasteiger charge is 2.55. The summed E-state index contributed by atoms with van der Waals surface area (Å²) in [4.78, 5) is 48.1. The van der Waals surface area contributed by atoms with Gasteiger partial charge in [-0.3, -0.25) is 24.3 Å². The van der Waals surface area contributed by atoms with Crippen LogP contribution in [0, 0.1) is 0 Å². The smallest absolute Gasteiger partial charge is 0.328 e. The van der Waals surface area contributed by atoms with E-state index in [2.05, 4.69) is 0 Å². The Hall–Kier alpha value is -4.14. The molecule has 3 heterocycles. The lowest BCUT2D eigenvalue weighted by molar-refractivity contribution is -0.139. The Morgan fingerprint density at radius 2 is 1.68 bits per heavy atom. The van der Waals surface area contributed by atoms with Crippen LogP contribution in [0.1, 0.15) is 5.56 Å². The third kappa shape index (κ3) is 2.85. The first-order chi connectivity index (χ1) is 15.0. The topological polar surface area (TPSA) is 103 Å². The van der Waals surface area contributed by atoms with Crippen molar-refractivity contribution in [1.29, 1.82) is 0 Å². The van der Waals surface area contributed by atoms with Gasteiger partial charge in [0, 0.05) is 24.5 Å². The summed E-state index contributed by atoms with van der Waals surface area (Å²) >= 11 is 0. The van der Waals surface area contributed by atoms with Gasteiger partial charge in [-0.05, 0) is 12.1 Å². The van der Waals surface area contributed by atoms with Gasteiger partial charge >= 0.3 is 6.03 Å². The molecule has 2 N–H and O–H groups in total. The maximum atomic E-state index is 13.2. The summed E-state index contributed by atoms with van der Waals surface area (Å²) in [5.74, 6) is -0.696. The van der Waals surface area contributed by atoms with Gasteiger partial charge in [-0.1, -0.05) is 48.5 Å². The maximum absolute atomic E-state index is 13.2. The van der Waals surface area contributed by atoms with Crippen molar-refractivity contribution in [2.45, 2.75) is 12.2 Å². The second kappa shape index (κ2) is 6.98. The number of nitrogens with zero attached hydrogens (tertiary/aromatic N) is 5. The molecule has 156 valence electrons. The zero-order valence-electron chi connectivity index (χ0n) is 16.8. The number of hydrogen-bond acceptors (Lipinski definition) is 6. The largest absolute Gasteiger partial charge is 0.368 e. The molecule has 4 amide bonds. The monoisotopic (exact) mass is 416 g/mol. The fourth-order valence-corrected chi connectivity index (χ4v) is 4.18. The highest BCUT2D eigenvalue weighted by atomic mass is 16.2. The van der Waals surface area contributed by atoms with Crippen molar-refractivity contribution in [3.63, 3.8) is 0 Å². The van der Waals surface area contributed by atoms with E-state index in [0.29, 0.717) is 5.96 Å². The number of aliphatic imine (C=N–C) groups is 1. The van der Waals surface area contributed by atoms with Crippen LogP contribution in [0.15, 0.2) is 71.9 Å². The quantitative estimate of drug-likeness (QED) is 0.808. The number of hydrogen-bond donors (Lipinski definition) is 1. The number of anilines is 1. The third-order valence-corrected chi connectivity index (χ3v) is 5.61. The SMILES string of the molecule is CN1C(=O)N(CC(N)=O)C(=O)C2C1N=C1N(c3ccccc3)C(c3ccccc3)=CN12. The summed E-state index contributed by atoms with van der Waals surface area (Å²) in [6, 6.07) is 18.1. The predicted octanol–water partition coefficient (Wildman–Crippen LogP) is 1.25. The Labute approximate surface area is 178 Å². The van der Waals surface area contributed by atoms with Crippen molar-refractivity contribution in [2.24, 2.45) is 10.7 Å². The van der Waals surface area contributed by atoms with Crippen molar-refractivity contribution in [1.82, 2.24) is 14.7 Å². The summed E-state index contributed by atoms with van der Waals surface area (Å²) in [6.07, 6.45) is 1.18. The average Bonchev–Trinajstić information content (AvgIpc) is 3.32. The fourth-order valence-electron chi connectivity index (χ4n) is 4.18. The second-order valence-corrected chi connectivity index (χ2v) is 7.53. The molecule has 0 radical (unpaired) electrons. The van der Waals surface area contributed by atoms with Gasteiger partial charge in [0.05, 0.1) is 5.70 Å². The molecule has 0 spiro atoms. The average molecular weight is 416 g/mol. The van der Waals surface area contributed by atoms with Crippen molar-refractivity contribution < 1.29 is 14.4 Å². The van der Waals surface area contributed by atoms with Gasteiger partial charge in [0.15, 0.2) is 12.2 Å². The van der Waals surface area contributed by atoms with E-state index in [1.54, 1.807) is 11.9 Å². The van der Waals surface area contributed by atoms with Gasteiger partial charge in [0.25, 0.3) is 5.91 Å². The first-order valence-electron chi connectivity index (χ1n) is 9.82. The molecule has 2 aromatic carbocycles. The van der Waals surface area contributed by atoms with Gasteiger partial charge in [-0.15, -0.1) is 0 Å². The molecule has 2 atom stereocenters. The number of amides is 4. The number of primary amides is 1. The minimum atomic E-state index is -0.774. The molecule has 3 aliphatic heterocycles. The summed E-state index contributed by atoms with van der Waals surface area (Å²) < 4.78 is 0. The molecule has 2 unspecified atom stereocenters. The second-order valence-electron chi connectivity index (χ2n) is 7.53. The highest BCUT2D eigenvalue weighted by Crippen LogP contribution is 2.39. The molecule has 0 saturated carbocycles. The van der Waals surface area contributed by atoms with Crippen LogP contribution in [0.2, 0.25) is 0 Å². The zero-order valence-corrected chi connectivity index (χ0v) is 16.8. The van der Waals surface area contributed by atoms with Crippen LogP contribution in [0.5, 0.6) is 0 Å². The summed E-state index contributed by atoms with van der Waals surface area (Å²) in [5.41, 5.74) is 7.97. The van der Waals surface area contributed by atoms with E-state index >= 15 is 0 Å². The minimum Gasteiger partial charge on any atom is -0.368 e. The molecule has 1 fully saturated rings. The van der Waals surface area contributed by atoms with Crippen LogP contribution in [0.4, 0.5) is 10.5 Å². The predicted molar refractivity (Wildman–Crippen MR) is 114 cm³/mol. The Kier molecular flexibility index (Phi) is 4.25. The van der Waals surface area contributed by atoms with Gasteiger partial charge in [-0.25, -0.2) is 9.79 Å². The number of para-hydroxylation sites is 1. The number of fused-ring (bicyclic) bond motifs is 3. The van der Waals surface area contributed by atoms with Gasteiger partial charge in [0.1, 0.15) is 6.54 Å². The van der Waals surface area contributed by atoms with Crippen molar-refractivity contribution in [3.8, 4) is 0 Å². The minimum absolute atomic E-state index is 0.466. The number of nitrogens with two attached hydrogens (primary N) is 1. The molecule has 31 heavy (non-hydrogen) atoms. The Morgan fingerprint density at radius 3 is 2.32 bits per heavy atom. The molecule has 0 aliphatic carbocycles. The van der Waals surface area contributed by atoms with Gasteiger partial charge in [0.2, 0.25) is 11.9 Å². The van der Waals surface area contributed by atoms with E-state index in [-0.39, 0.29) is 0 Å². The maximum Gasteiger partial charge on any atom is 0.328 e. The van der Waals surface area contributed by atoms with E-state index in [9.17, 15) is 14.4 Å². The lowest BCUT2D eigenvalue weighted by atomic mass is 10.1. The zero-order chi connectivity index (χ0) is 21.7. The van der Waals surface area contributed by atoms with Crippen LogP contribution in [-0.4, -0.2) is 64.3 Å². The third-order valence-electron chi connectivity index (χ3n) is 5.61. The lowest BCUT2D eigenvalue weighted by Crippen LogP contribution is -2.65. The van der Waals surface area contributed by atoms with Crippen LogP contribution in [0.25, 0.3) is 5.70 Å². The number of rotatable bonds is 4. The van der Waals surface area contributed by atoms with Crippen molar-refractivity contribution in [3.05, 3.63) is 72.4 Å². The first kappa shape index (κ1) is 18.9. The molecule has 9 heteroatoms. The van der Waals surface area contributed by atoms with Gasteiger partial charge < -0.3 is 10.6 Å². The van der Waals surface area contributed by atoms with Crippen LogP contribution < -0.4 is 10.6 Å². The molecular formula is C22H20N6O3. The molecule has 0 bridgehead atoms. The summed E-state index contributed by atoms with van der Waals surface area (Å²) in [6.45, 7) is -0.466. The Morgan fingerprint density at radius 1 is 1.03 bits per heavy atom. The van der Waals surface area contributed by atoms with E-state index in [1.807, 2.05) is 71.8 Å². The molecular weight excluding hydrogens is 396 g/mol. The number of carbonyl (C=O) groups excluding carboxylic acids is 3. The van der Waals surface area contributed by atoms with E-state index < -0.39 is 36.6 Å². The summed E-state index contributed by atoms with van der Waals surface area (Å²) in [5, 5.41) is 0. The first-order valence-corrected chi connectivity index (χ1v) is 9.82. The number of benzene rings is 2. The summed E-state index contributed by atoms with van der Waals surface area (Å²) in [7, 11) is 1.57. The number of imide groups is 1. The lowest BCUT2D eigenvalue weighted by Gasteiger charge is -2.39. The fraction of sp³-hybridized carbons (Fsp3) is 0.182. The standard InChI is InChI=1S/C22H20N6O3/c1-25-19-18(20(30)27(22(25)31)13-17(23)29)26-12-16(14-8-4-2-5-9-14)28(21(26)24-19)15-10-6-3-7-11-15/h2-12,18-19H,13H2,1H3,(H2,23,29). The molecule has 3 aliphatic rings. The number of urea groups is 1. The molecule has 2 aromatic rings. The number of carbonyl (C=O) groups is 3. The molecule has 5 rings (SSSR count). The normalized spacial score (nSPS) is 22.4. The molecule has 0 aromatic heterocycles. The van der Waals surface area contributed by atoms with Crippen molar-refractivity contribution >= 4 is 35.2 Å². The number of likely N-dealkylation sites (N-methyl/N-ethyl adjacent to an activating group) is 1. The van der Waals surface area contributed by atoms with E-state index in [4.69, 9.17) is 10.7 Å². The van der Waals surface area contributed by atoms with Gasteiger partial charge in [-0.2, -0.15) is 0 Å². The molecule has 9 nitrogen and oxygen atoms in total. The van der Waals surface area contributed by atoms with E-state index in [1.165, 1.54) is 4.90 Å².